The van der Waals surface area contributed by atoms with Crippen LogP contribution in [0.3, 0.4) is 0 Å². The molecule has 2 aromatic rings. The lowest BCUT2D eigenvalue weighted by atomic mass is 9.45. The Kier molecular flexibility index (Phi) is 6.81. The molecule has 8 heteroatoms. The zero-order chi connectivity index (χ0) is 27.0. The highest BCUT2D eigenvalue weighted by atomic mass is 16.2. The fourth-order valence-electron chi connectivity index (χ4n) is 8.52. The predicted octanol–water partition coefficient (Wildman–Crippen LogP) is 5.39. The van der Waals surface area contributed by atoms with Gasteiger partial charge < -0.3 is 0 Å². The van der Waals surface area contributed by atoms with Crippen molar-refractivity contribution >= 4 is 23.2 Å². The number of aromatic nitrogens is 2. The summed E-state index contributed by atoms with van der Waals surface area (Å²) in [5.41, 5.74) is 9.45. The maximum atomic E-state index is 12.6. The first-order chi connectivity index (χ1) is 18.9. The normalized spacial score (nSPS) is 35.5. The Morgan fingerprint density at radius 1 is 0.795 bits per heavy atom. The molecule has 2 amide bonds. The maximum absolute atomic E-state index is 12.6. The molecule has 2 heterocycles. The zero-order valence-corrected chi connectivity index (χ0v) is 22.9. The zero-order valence-electron chi connectivity index (χ0n) is 22.9. The van der Waals surface area contributed by atoms with Crippen LogP contribution in [0.5, 0.6) is 0 Å². The fraction of sp³-hybridized carbons (Fsp3) is 0.548. The fourth-order valence-corrected chi connectivity index (χ4v) is 8.52. The standard InChI is InChI=1S/C31H38N6O2/c1-30-13-7-23(34-36-28(38)20-9-15-32-16-10-20)19-22(30)3-4-24-25-5-6-27(31(25,2)14-8-26(24)30)35-37-29(39)21-11-17-33-18-12-21/h9-12,15-18,22,24-26H,3-8,13-14,19H2,1-2H3,(H,36,38)(H,37,39). The van der Waals surface area contributed by atoms with E-state index in [0.29, 0.717) is 40.2 Å². The van der Waals surface area contributed by atoms with Gasteiger partial charge in [-0.15, -0.1) is 0 Å². The summed E-state index contributed by atoms with van der Waals surface area (Å²) in [6.07, 6.45) is 16.5. The van der Waals surface area contributed by atoms with E-state index in [2.05, 4.69) is 39.8 Å². The molecule has 4 aliphatic rings. The first-order valence-corrected chi connectivity index (χ1v) is 14.4. The molecule has 204 valence electrons. The predicted molar refractivity (Wildman–Crippen MR) is 150 cm³/mol. The topological polar surface area (TPSA) is 109 Å². The lowest BCUT2D eigenvalue weighted by Gasteiger charge is -2.59. The van der Waals surface area contributed by atoms with Crippen LogP contribution in [-0.4, -0.2) is 33.2 Å². The Labute approximate surface area is 230 Å². The van der Waals surface area contributed by atoms with E-state index in [1.165, 1.54) is 25.0 Å². The first-order valence-electron chi connectivity index (χ1n) is 14.4. The molecule has 6 rings (SSSR count). The molecule has 8 nitrogen and oxygen atoms in total. The number of hydrazone groups is 2. The molecule has 6 atom stereocenters. The molecule has 0 saturated heterocycles. The summed E-state index contributed by atoms with van der Waals surface area (Å²) >= 11 is 0. The van der Waals surface area contributed by atoms with Gasteiger partial charge in [0, 0.05) is 52.8 Å². The lowest BCUT2D eigenvalue weighted by Crippen LogP contribution is -2.53. The van der Waals surface area contributed by atoms with E-state index in [9.17, 15) is 9.59 Å². The third kappa shape index (κ3) is 4.68. The Morgan fingerprint density at radius 3 is 2.10 bits per heavy atom. The van der Waals surface area contributed by atoms with E-state index in [4.69, 9.17) is 5.10 Å². The summed E-state index contributed by atoms with van der Waals surface area (Å²) in [6.45, 7) is 4.92. The highest BCUT2D eigenvalue weighted by molar-refractivity contribution is 5.97. The number of amides is 2. The molecule has 0 bridgehead atoms. The van der Waals surface area contributed by atoms with E-state index < -0.39 is 0 Å². The van der Waals surface area contributed by atoms with E-state index in [1.807, 2.05) is 0 Å². The molecule has 0 aliphatic heterocycles. The van der Waals surface area contributed by atoms with Crippen LogP contribution < -0.4 is 10.9 Å². The second-order valence-corrected chi connectivity index (χ2v) is 12.4. The van der Waals surface area contributed by atoms with Crippen molar-refractivity contribution in [2.45, 2.75) is 71.6 Å². The van der Waals surface area contributed by atoms with Crippen molar-refractivity contribution in [3.8, 4) is 0 Å². The number of carbonyl (C=O) groups excluding carboxylic acids is 2. The summed E-state index contributed by atoms with van der Waals surface area (Å²) in [4.78, 5) is 33.0. The van der Waals surface area contributed by atoms with Crippen LogP contribution in [0.25, 0.3) is 0 Å². The summed E-state index contributed by atoms with van der Waals surface area (Å²) in [6, 6.07) is 6.85. The summed E-state index contributed by atoms with van der Waals surface area (Å²) in [7, 11) is 0. The average molecular weight is 527 g/mol. The van der Waals surface area contributed by atoms with Gasteiger partial charge in [0.15, 0.2) is 0 Å². The van der Waals surface area contributed by atoms with Gasteiger partial charge in [-0.05, 0) is 111 Å². The van der Waals surface area contributed by atoms with Crippen LogP contribution in [0.4, 0.5) is 0 Å². The smallest absolute Gasteiger partial charge is 0.267 e. The van der Waals surface area contributed by atoms with Crippen LogP contribution >= 0.6 is 0 Å². The second kappa shape index (κ2) is 10.3. The number of nitrogens with zero attached hydrogens (tertiary/aromatic N) is 4. The Hall–Kier alpha value is -3.42. The Bertz CT molecular complexity index is 1290. The van der Waals surface area contributed by atoms with Crippen LogP contribution in [0.15, 0.2) is 59.3 Å². The molecule has 39 heavy (non-hydrogen) atoms. The maximum Gasteiger partial charge on any atom is 0.271 e. The Morgan fingerprint density at radius 2 is 1.44 bits per heavy atom. The molecule has 0 spiro atoms. The summed E-state index contributed by atoms with van der Waals surface area (Å²) in [5, 5.41) is 9.26. The largest absolute Gasteiger partial charge is 0.271 e. The van der Waals surface area contributed by atoms with Gasteiger partial charge in [-0.2, -0.15) is 10.2 Å². The van der Waals surface area contributed by atoms with Gasteiger partial charge in [-0.1, -0.05) is 13.8 Å². The SMILES string of the molecule is CC12CCC3C(CCC4CC(=NNC(=O)c5ccncc5)CCC43C)C1CCC2=NNC(=O)c1ccncc1. The van der Waals surface area contributed by atoms with Gasteiger partial charge in [0.25, 0.3) is 11.8 Å². The van der Waals surface area contributed by atoms with E-state index in [1.54, 1.807) is 49.1 Å². The third-order valence-corrected chi connectivity index (χ3v) is 10.7. The molecule has 2 N–H and O–H groups in total. The van der Waals surface area contributed by atoms with Crippen molar-refractivity contribution in [2.24, 2.45) is 44.7 Å². The first kappa shape index (κ1) is 25.8. The highest BCUT2D eigenvalue weighted by Gasteiger charge is 2.59. The minimum Gasteiger partial charge on any atom is -0.267 e. The van der Waals surface area contributed by atoms with Crippen LogP contribution in [0, 0.1) is 34.5 Å². The quantitative estimate of drug-likeness (QED) is 0.521. The molecule has 0 radical (unpaired) electrons. The van der Waals surface area contributed by atoms with E-state index in [0.717, 1.165) is 44.2 Å². The van der Waals surface area contributed by atoms with Crippen molar-refractivity contribution in [2.75, 3.05) is 0 Å². The van der Waals surface area contributed by atoms with Crippen molar-refractivity contribution < 1.29 is 9.59 Å². The van der Waals surface area contributed by atoms with Gasteiger partial charge in [-0.3, -0.25) is 19.6 Å². The number of hydrogen-bond donors (Lipinski definition) is 2. The molecule has 4 fully saturated rings. The second-order valence-electron chi connectivity index (χ2n) is 12.4. The Balaban J connectivity index is 1.12. The minimum absolute atomic E-state index is 0.0639. The summed E-state index contributed by atoms with van der Waals surface area (Å²) < 4.78 is 0. The monoisotopic (exact) mass is 526 g/mol. The van der Waals surface area contributed by atoms with Gasteiger partial charge in [0.05, 0.1) is 0 Å². The number of carbonyl (C=O) groups is 2. The number of fused-ring (bicyclic) bond motifs is 5. The van der Waals surface area contributed by atoms with Gasteiger partial charge >= 0.3 is 0 Å². The van der Waals surface area contributed by atoms with Gasteiger partial charge in [0.1, 0.15) is 0 Å². The van der Waals surface area contributed by atoms with Crippen molar-refractivity contribution in [3.05, 3.63) is 60.2 Å². The highest BCUT2D eigenvalue weighted by Crippen LogP contribution is 2.65. The number of pyridine rings is 2. The minimum atomic E-state index is -0.177. The van der Waals surface area contributed by atoms with Crippen molar-refractivity contribution in [1.29, 1.82) is 0 Å². The van der Waals surface area contributed by atoms with Crippen LogP contribution in [-0.2, 0) is 0 Å². The van der Waals surface area contributed by atoms with Gasteiger partial charge in [0.2, 0.25) is 0 Å². The average Bonchev–Trinajstić information content (AvgIpc) is 3.31. The number of nitrogens with one attached hydrogen (secondary N) is 2. The molecular formula is C31H38N6O2. The van der Waals surface area contributed by atoms with Crippen LogP contribution in [0.2, 0.25) is 0 Å². The molecule has 2 aromatic heterocycles. The summed E-state index contributed by atoms with van der Waals surface area (Å²) in [5.74, 6) is 2.31. The van der Waals surface area contributed by atoms with E-state index >= 15 is 0 Å². The number of rotatable bonds is 4. The van der Waals surface area contributed by atoms with Crippen molar-refractivity contribution in [3.63, 3.8) is 0 Å². The van der Waals surface area contributed by atoms with Gasteiger partial charge in [-0.25, -0.2) is 10.9 Å². The molecule has 4 saturated carbocycles. The molecular weight excluding hydrogens is 488 g/mol. The van der Waals surface area contributed by atoms with Crippen LogP contribution in [0.1, 0.15) is 92.4 Å². The molecule has 6 unspecified atom stereocenters. The molecule has 0 aromatic carbocycles. The van der Waals surface area contributed by atoms with Crippen molar-refractivity contribution in [1.82, 2.24) is 20.8 Å². The van der Waals surface area contributed by atoms with E-state index in [-0.39, 0.29) is 17.2 Å². The number of hydrogen-bond acceptors (Lipinski definition) is 6. The molecule has 4 aliphatic carbocycles. The third-order valence-electron chi connectivity index (χ3n) is 10.7. The lowest BCUT2D eigenvalue weighted by molar-refractivity contribution is -0.0815.